The Morgan fingerprint density at radius 2 is 2.00 bits per heavy atom. The number of carboxylic acids is 1. The van der Waals surface area contributed by atoms with Gasteiger partial charge in [0.05, 0.1) is 29.7 Å². The molecule has 0 saturated heterocycles. The van der Waals surface area contributed by atoms with E-state index in [2.05, 4.69) is 5.32 Å². The fourth-order valence-corrected chi connectivity index (χ4v) is 2.41. The van der Waals surface area contributed by atoms with Crippen molar-refractivity contribution in [3.05, 3.63) is 35.4 Å². The van der Waals surface area contributed by atoms with Gasteiger partial charge in [0.2, 0.25) is 5.91 Å². The Bertz CT molecular complexity index is 538. The van der Waals surface area contributed by atoms with Crippen molar-refractivity contribution in [2.75, 3.05) is 0 Å². The molecule has 5 heteroatoms. The predicted octanol–water partition coefficient (Wildman–Crippen LogP) is 2.00. The highest BCUT2D eigenvalue weighted by Gasteiger charge is 2.52. The standard InChI is InChI=1S/C16H21NO4/c1-10(2)21-16(3)9-13(16)17-14(18)8-11-4-6-12(7-5-11)15(19)20/h4-7,10,13H,8-9H2,1-3H3,(H,17,18)(H,19,20)/t13-,16+/m1/s1. The quantitative estimate of drug-likeness (QED) is 0.840. The molecule has 0 heterocycles. The number of nitrogens with one attached hydrogen (secondary N) is 1. The number of hydrogen-bond donors (Lipinski definition) is 2. The zero-order valence-electron chi connectivity index (χ0n) is 12.6. The summed E-state index contributed by atoms with van der Waals surface area (Å²) >= 11 is 0. The van der Waals surface area contributed by atoms with Crippen molar-refractivity contribution >= 4 is 11.9 Å². The summed E-state index contributed by atoms with van der Waals surface area (Å²) in [5, 5.41) is 11.8. The lowest BCUT2D eigenvalue weighted by molar-refractivity contribution is -0.121. The maximum Gasteiger partial charge on any atom is 0.335 e. The van der Waals surface area contributed by atoms with Crippen LogP contribution in [0.1, 0.15) is 43.1 Å². The number of ether oxygens (including phenoxy) is 1. The van der Waals surface area contributed by atoms with E-state index in [4.69, 9.17) is 9.84 Å². The van der Waals surface area contributed by atoms with E-state index in [1.165, 1.54) is 12.1 Å². The molecule has 1 saturated carbocycles. The largest absolute Gasteiger partial charge is 0.478 e. The van der Waals surface area contributed by atoms with E-state index in [-0.39, 0.29) is 35.6 Å². The molecule has 21 heavy (non-hydrogen) atoms. The Hall–Kier alpha value is -1.88. The van der Waals surface area contributed by atoms with E-state index in [0.29, 0.717) is 0 Å². The summed E-state index contributed by atoms with van der Waals surface area (Å²) in [6.45, 7) is 5.96. The van der Waals surface area contributed by atoms with Crippen molar-refractivity contribution in [2.45, 2.75) is 51.4 Å². The molecule has 5 nitrogen and oxygen atoms in total. The molecule has 2 N–H and O–H groups in total. The average molecular weight is 291 g/mol. The molecule has 2 atom stereocenters. The second kappa shape index (κ2) is 5.85. The van der Waals surface area contributed by atoms with Crippen molar-refractivity contribution < 1.29 is 19.4 Å². The minimum Gasteiger partial charge on any atom is -0.478 e. The number of benzene rings is 1. The summed E-state index contributed by atoms with van der Waals surface area (Å²) in [6.07, 6.45) is 1.21. The summed E-state index contributed by atoms with van der Waals surface area (Å²) in [6, 6.07) is 6.41. The van der Waals surface area contributed by atoms with Gasteiger partial charge in [-0.1, -0.05) is 12.1 Å². The van der Waals surface area contributed by atoms with Gasteiger partial charge >= 0.3 is 5.97 Å². The fourth-order valence-electron chi connectivity index (χ4n) is 2.41. The first kappa shape index (κ1) is 15.5. The van der Waals surface area contributed by atoms with Gasteiger partial charge in [-0.25, -0.2) is 4.79 Å². The number of carbonyl (C=O) groups excluding carboxylic acids is 1. The third-order valence-electron chi connectivity index (χ3n) is 3.59. The molecule has 0 spiro atoms. The summed E-state index contributed by atoms with van der Waals surface area (Å²) < 4.78 is 5.77. The van der Waals surface area contributed by atoms with Crippen molar-refractivity contribution in [1.82, 2.24) is 5.32 Å². The first-order valence-electron chi connectivity index (χ1n) is 7.09. The Morgan fingerprint density at radius 1 is 1.38 bits per heavy atom. The number of hydrogen-bond acceptors (Lipinski definition) is 3. The van der Waals surface area contributed by atoms with Crippen LogP contribution >= 0.6 is 0 Å². The molecule has 114 valence electrons. The average Bonchev–Trinajstić information content (AvgIpc) is 2.97. The van der Waals surface area contributed by atoms with Crippen molar-refractivity contribution in [2.24, 2.45) is 0 Å². The minimum absolute atomic E-state index is 0.0608. The highest BCUT2D eigenvalue weighted by Crippen LogP contribution is 2.40. The number of amides is 1. The van der Waals surface area contributed by atoms with E-state index in [9.17, 15) is 9.59 Å². The molecular weight excluding hydrogens is 270 g/mol. The Labute approximate surface area is 124 Å². The van der Waals surface area contributed by atoms with E-state index >= 15 is 0 Å². The van der Waals surface area contributed by atoms with E-state index in [0.717, 1.165) is 12.0 Å². The molecule has 1 aromatic carbocycles. The van der Waals surface area contributed by atoms with E-state index in [1.54, 1.807) is 12.1 Å². The zero-order chi connectivity index (χ0) is 15.6. The van der Waals surface area contributed by atoms with Gasteiger partial charge in [0.1, 0.15) is 0 Å². The Kier molecular flexibility index (Phi) is 4.32. The topological polar surface area (TPSA) is 75.6 Å². The molecule has 0 aliphatic heterocycles. The molecule has 1 aliphatic carbocycles. The third-order valence-corrected chi connectivity index (χ3v) is 3.59. The van der Waals surface area contributed by atoms with Crippen molar-refractivity contribution in [3.63, 3.8) is 0 Å². The Balaban J connectivity index is 1.84. The SMILES string of the molecule is CC(C)O[C@@]1(C)C[C@H]1NC(=O)Cc1ccc(C(=O)O)cc1. The van der Waals surface area contributed by atoms with Gasteiger partial charge < -0.3 is 15.2 Å². The monoisotopic (exact) mass is 291 g/mol. The second-order valence-corrected chi connectivity index (χ2v) is 5.98. The molecule has 0 aromatic heterocycles. The van der Waals surface area contributed by atoms with Crippen molar-refractivity contribution in [3.8, 4) is 0 Å². The minimum atomic E-state index is -0.967. The molecule has 0 radical (unpaired) electrons. The van der Waals surface area contributed by atoms with Crippen molar-refractivity contribution in [1.29, 1.82) is 0 Å². The number of carbonyl (C=O) groups is 2. The van der Waals surface area contributed by atoms with Gasteiger partial charge in [0.25, 0.3) is 0 Å². The highest BCUT2D eigenvalue weighted by atomic mass is 16.5. The second-order valence-electron chi connectivity index (χ2n) is 5.98. The first-order valence-corrected chi connectivity index (χ1v) is 7.09. The van der Waals surface area contributed by atoms with E-state index < -0.39 is 5.97 Å². The maximum atomic E-state index is 12.0. The molecule has 1 aromatic rings. The molecule has 1 amide bonds. The van der Waals surface area contributed by atoms with Crippen LogP contribution in [0.2, 0.25) is 0 Å². The third kappa shape index (κ3) is 4.04. The van der Waals surface area contributed by atoms with Crippen LogP contribution in [0.15, 0.2) is 24.3 Å². The lowest BCUT2D eigenvalue weighted by atomic mass is 10.1. The van der Waals surface area contributed by atoms with Crippen LogP contribution < -0.4 is 5.32 Å². The van der Waals surface area contributed by atoms with Crippen LogP contribution in [0, 0.1) is 0 Å². The maximum absolute atomic E-state index is 12.0. The van der Waals surface area contributed by atoms with Gasteiger partial charge in [-0.05, 0) is 38.5 Å². The lowest BCUT2D eigenvalue weighted by Gasteiger charge is -2.16. The highest BCUT2D eigenvalue weighted by molar-refractivity contribution is 5.87. The summed E-state index contributed by atoms with van der Waals surface area (Å²) in [4.78, 5) is 22.7. The molecule has 1 aliphatic rings. The van der Waals surface area contributed by atoms with Crippen LogP contribution in [-0.4, -0.2) is 34.7 Å². The van der Waals surface area contributed by atoms with Gasteiger partial charge in [-0.3, -0.25) is 4.79 Å². The summed E-state index contributed by atoms with van der Waals surface area (Å²) in [7, 11) is 0. The molecule has 0 bridgehead atoms. The van der Waals surface area contributed by atoms with Crippen LogP contribution in [0.3, 0.4) is 0 Å². The molecule has 0 unspecified atom stereocenters. The number of carboxylic acid groups (broad SMARTS) is 1. The van der Waals surface area contributed by atoms with E-state index in [1.807, 2.05) is 20.8 Å². The van der Waals surface area contributed by atoms with Gasteiger partial charge in [-0.15, -0.1) is 0 Å². The molecule has 2 rings (SSSR count). The fraction of sp³-hybridized carbons (Fsp3) is 0.500. The van der Waals surface area contributed by atoms with Crippen LogP contribution in [0.25, 0.3) is 0 Å². The zero-order valence-corrected chi connectivity index (χ0v) is 12.6. The van der Waals surface area contributed by atoms with Gasteiger partial charge in [0.15, 0.2) is 0 Å². The van der Waals surface area contributed by atoms with Crippen LogP contribution in [0.5, 0.6) is 0 Å². The first-order chi connectivity index (χ1) is 9.80. The summed E-state index contributed by atoms with van der Waals surface area (Å²) in [5.74, 6) is -1.04. The van der Waals surface area contributed by atoms with Crippen LogP contribution in [0.4, 0.5) is 0 Å². The normalized spacial score (nSPS) is 23.9. The molecule has 1 fully saturated rings. The predicted molar refractivity (Wildman–Crippen MR) is 78.3 cm³/mol. The Morgan fingerprint density at radius 3 is 2.52 bits per heavy atom. The van der Waals surface area contributed by atoms with Crippen LogP contribution in [-0.2, 0) is 16.0 Å². The van der Waals surface area contributed by atoms with Gasteiger partial charge in [0, 0.05) is 6.42 Å². The number of rotatable bonds is 6. The van der Waals surface area contributed by atoms with Gasteiger partial charge in [-0.2, -0.15) is 0 Å². The molecular formula is C16H21NO4. The lowest BCUT2D eigenvalue weighted by Crippen LogP contribution is -2.34. The number of aromatic carboxylic acids is 1. The summed E-state index contributed by atoms with van der Waals surface area (Å²) in [5.41, 5.74) is 0.765. The smallest absolute Gasteiger partial charge is 0.335 e.